The van der Waals surface area contributed by atoms with Gasteiger partial charge in [0.2, 0.25) is 5.13 Å². The van der Waals surface area contributed by atoms with Gasteiger partial charge in [0.15, 0.2) is 5.82 Å². The van der Waals surface area contributed by atoms with Gasteiger partial charge in [-0.1, -0.05) is 65.4 Å². The highest BCUT2D eigenvalue weighted by Crippen LogP contribution is 2.40. The second-order valence-corrected chi connectivity index (χ2v) is 9.70. The van der Waals surface area contributed by atoms with Gasteiger partial charge in [0, 0.05) is 10.6 Å². The molecule has 6 aromatic rings. The molecule has 3 aromatic heterocycles. The molecule has 0 atom stereocenters. The molecule has 0 aliphatic rings. The summed E-state index contributed by atoms with van der Waals surface area (Å²) in [4.78, 5) is 29.1. The van der Waals surface area contributed by atoms with Crippen LogP contribution in [0.2, 0.25) is 5.02 Å². The van der Waals surface area contributed by atoms with Crippen LogP contribution in [0.1, 0.15) is 12.7 Å². The quantitative estimate of drug-likeness (QED) is 0.219. The van der Waals surface area contributed by atoms with Gasteiger partial charge in [-0.2, -0.15) is 0 Å². The molecule has 3 aromatic carbocycles. The van der Waals surface area contributed by atoms with Gasteiger partial charge in [0.25, 0.3) is 5.56 Å². The van der Waals surface area contributed by atoms with Crippen molar-refractivity contribution in [1.82, 2.24) is 14.5 Å². The van der Waals surface area contributed by atoms with E-state index in [1.807, 2.05) is 79.7 Å². The van der Waals surface area contributed by atoms with E-state index in [-0.39, 0.29) is 5.56 Å². The molecule has 6 nitrogen and oxygen atoms in total. The monoisotopic (exact) mass is 522 g/mol. The molecule has 0 saturated heterocycles. The van der Waals surface area contributed by atoms with Crippen LogP contribution in [0.25, 0.3) is 38.5 Å². The van der Waals surface area contributed by atoms with Crippen molar-refractivity contribution in [3.8, 4) is 27.6 Å². The molecule has 0 saturated carbocycles. The molecule has 6 rings (SSSR count). The Morgan fingerprint density at radius 2 is 1.68 bits per heavy atom. The van der Waals surface area contributed by atoms with Gasteiger partial charge in [-0.25, -0.2) is 15.0 Å². The summed E-state index contributed by atoms with van der Waals surface area (Å²) in [6, 6.07) is 28.0. The molecule has 0 bridgehead atoms. The fourth-order valence-corrected chi connectivity index (χ4v) is 5.21. The Morgan fingerprint density at radius 3 is 2.43 bits per heavy atom. The highest BCUT2D eigenvalue weighted by Gasteiger charge is 2.22. The highest BCUT2D eigenvalue weighted by molar-refractivity contribution is 7.19. The molecular weight excluding hydrogens is 504 g/mol. The van der Waals surface area contributed by atoms with Gasteiger partial charge in [-0.05, 0) is 55.5 Å². The van der Waals surface area contributed by atoms with Crippen LogP contribution in [0, 0.1) is 0 Å². The van der Waals surface area contributed by atoms with Crippen molar-refractivity contribution in [3.05, 3.63) is 118 Å². The summed E-state index contributed by atoms with van der Waals surface area (Å²) in [6.07, 6.45) is 1.61. The van der Waals surface area contributed by atoms with Crippen LogP contribution in [0.5, 0.6) is 0 Å². The standard InChI is InChI=1S/C29H19ClN4O2S/c1-18(24-12-7-17-36-24)31-29-33-25(19-8-3-2-4-9-19)26(37-29)27-32-23-11-6-5-10-22(23)28(35)34(27)21-15-13-20(30)14-16-21/h2-17H,1H3. The number of nitrogens with zero attached hydrogens (tertiary/aromatic N) is 4. The van der Waals surface area contributed by atoms with E-state index < -0.39 is 0 Å². The van der Waals surface area contributed by atoms with E-state index in [1.165, 1.54) is 11.3 Å². The van der Waals surface area contributed by atoms with E-state index in [0.717, 1.165) is 10.4 Å². The van der Waals surface area contributed by atoms with Crippen molar-refractivity contribution >= 4 is 44.7 Å². The smallest absolute Gasteiger partial charge is 0.266 e. The van der Waals surface area contributed by atoms with Crippen LogP contribution in [-0.4, -0.2) is 20.2 Å². The van der Waals surface area contributed by atoms with Crippen LogP contribution in [0.4, 0.5) is 5.13 Å². The first-order valence-corrected chi connectivity index (χ1v) is 12.7. The lowest BCUT2D eigenvalue weighted by atomic mass is 10.1. The van der Waals surface area contributed by atoms with Crippen LogP contribution in [0.3, 0.4) is 0 Å². The average molecular weight is 523 g/mol. The molecule has 0 amide bonds. The molecule has 0 aliphatic carbocycles. The molecule has 0 spiro atoms. The second kappa shape index (κ2) is 9.61. The largest absolute Gasteiger partial charge is 0.463 e. The minimum Gasteiger partial charge on any atom is -0.463 e. The fourth-order valence-electron chi connectivity index (χ4n) is 4.10. The zero-order valence-electron chi connectivity index (χ0n) is 19.6. The number of fused-ring (bicyclic) bond motifs is 1. The normalized spacial score (nSPS) is 11.8. The first kappa shape index (κ1) is 23.1. The maximum Gasteiger partial charge on any atom is 0.266 e. The zero-order chi connectivity index (χ0) is 25.4. The minimum absolute atomic E-state index is 0.174. The van der Waals surface area contributed by atoms with Crippen molar-refractivity contribution in [2.45, 2.75) is 6.92 Å². The first-order chi connectivity index (χ1) is 18.1. The summed E-state index contributed by atoms with van der Waals surface area (Å²) in [5.41, 5.74) is 3.39. The number of hydrogen-bond acceptors (Lipinski definition) is 6. The van der Waals surface area contributed by atoms with Gasteiger partial charge >= 0.3 is 0 Å². The summed E-state index contributed by atoms with van der Waals surface area (Å²) in [6.45, 7) is 1.88. The molecule has 3 heterocycles. The Balaban J connectivity index is 1.65. The number of thiazole rings is 1. The summed E-state index contributed by atoms with van der Waals surface area (Å²) in [7, 11) is 0. The van der Waals surface area contributed by atoms with Crippen molar-refractivity contribution in [2.75, 3.05) is 0 Å². The number of aromatic nitrogens is 3. The Kier molecular flexibility index (Phi) is 6.00. The van der Waals surface area contributed by atoms with E-state index in [2.05, 4.69) is 0 Å². The predicted octanol–water partition coefficient (Wildman–Crippen LogP) is 7.56. The van der Waals surface area contributed by atoms with E-state index in [9.17, 15) is 4.79 Å². The van der Waals surface area contributed by atoms with Crippen molar-refractivity contribution in [1.29, 1.82) is 0 Å². The number of para-hydroxylation sites is 1. The van der Waals surface area contributed by atoms with E-state index in [1.54, 1.807) is 29.0 Å². The summed E-state index contributed by atoms with van der Waals surface area (Å²) < 4.78 is 7.12. The molecule has 0 unspecified atom stereocenters. The fraction of sp³-hybridized carbons (Fsp3) is 0.0345. The summed E-state index contributed by atoms with van der Waals surface area (Å²) >= 11 is 7.53. The number of aliphatic imine (C=N–C) groups is 1. The lowest BCUT2D eigenvalue weighted by Crippen LogP contribution is -2.21. The van der Waals surface area contributed by atoms with Crippen LogP contribution in [-0.2, 0) is 0 Å². The highest BCUT2D eigenvalue weighted by atomic mass is 35.5. The van der Waals surface area contributed by atoms with Crippen LogP contribution >= 0.6 is 22.9 Å². The SMILES string of the molecule is CC(=Nc1nc(-c2ccccc2)c(-c2nc3ccccc3c(=O)n2-c2ccc(Cl)cc2)s1)c1ccco1. The lowest BCUT2D eigenvalue weighted by molar-refractivity contribution is 0.557. The van der Waals surface area contributed by atoms with Gasteiger partial charge in [-0.3, -0.25) is 9.36 Å². The third kappa shape index (κ3) is 4.39. The maximum absolute atomic E-state index is 13.8. The number of furan rings is 1. The van der Waals surface area contributed by atoms with E-state index in [0.29, 0.717) is 49.7 Å². The first-order valence-electron chi connectivity index (χ1n) is 11.5. The number of rotatable bonds is 5. The van der Waals surface area contributed by atoms with Crippen LogP contribution in [0.15, 0.2) is 111 Å². The Labute approximate surface area is 221 Å². The topological polar surface area (TPSA) is 73.3 Å². The molecule has 180 valence electrons. The predicted molar refractivity (Wildman–Crippen MR) is 149 cm³/mol. The third-order valence-electron chi connectivity index (χ3n) is 5.87. The van der Waals surface area contributed by atoms with Gasteiger partial charge in [0.1, 0.15) is 10.6 Å². The summed E-state index contributed by atoms with van der Waals surface area (Å²) in [5, 5.41) is 1.64. The molecule has 0 fully saturated rings. The van der Waals surface area contributed by atoms with Crippen molar-refractivity contribution in [3.63, 3.8) is 0 Å². The van der Waals surface area contributed by atoms with Gasteiger partial charge in [0.05, 0.1) is 34.3 Å². The van der Waals surface area contributed by atoms with E-state index in [4.69, 9.17) is 31.0 Å². The van der Waals surface area contributed by atoms with Crippen LogP contribution < -0.4 is 5.56 Å². The Hall–Kier alpha value is -4.33. The van der Waals surface area contributed by atoms with Gasteiger partial charge < -0.3 is 4.42 Å². The maximum atomic E-state index is 13.8. The third-order valence-corrected chi connectivity index (χ3v) is 7.07. The van der Waals surface area contributed by atoms with Crippen molar-refractivity contribution in [2.24, 2.45) is 4.99 Å². The number of benzene rings is 3. The minimum atomic E-state index is -0.174. The Bertz CT molecular complexity index is 1810. The molecule has 37 heavy (non-hydrogen) atoms. The Morgan fingerprint density at radius 1 is 0.919 bits per heavy atom. The van der Waals surface area contributed by atoms with E-state index >= 15 is 0 Å². The molecule has 0 aliphatic heterocycles. The van der Waals surface area contributed by atoms with Crippen molar-refractivity contribution < 1.29 is 4.42 Å². The second-order valence-electron chi connectivity index (χ2n) is 8.28. The molecule has 8 heteroatoms. The number of halogens is 1. The zero-order valence-corrected chi connectivity index (χ0v) is 21.2. The lowest BCUT2D eigenvalue weighted by Gasteiger charge is -2.14. The molecular formula is C29H19ClN4O2S. The molecule has 0 N–H and O–H groups in total. The average Bonchev–Trinajstić information content (AvgIpc) is 3.61. The number of hydrogen-bond donors (Lipinski definition) is 0. The molecule has 0 radical (unpaired) electrons. The summed E-state index contributed by atoms with van der Waals surface area (Å²) in [5.74, 6) is 1.15. The van der Waals surface area contributed by atoms with Gasteiger partial charge in [-0.15, -0.1) is 0 Å².